The highest BCUT2D eigenvalue weighted by Crippen LogP contribution is 2.35. The molecule has 0 atom stereocenters. The van der Waals surface area contributed by atoms with E-state index in [1.807, 2.05) is 10.8 Å². The molecule has 1 aromatic heterocycles. The van der Waals surface area contributed by atoms with Crippen molar-refractivity contribution in [3.8, 4) is 0 Å². The number of hydrogen-bond acceptors (Lipinski definition) is 5. The molecule has 6 heteroatoms. The molecule has 176 valence electrons. The lowest BCUT2D eigenvalue weighted by atomic mass is 9.92. The van der Waals surface area contributed by atoms with Gasteiger partial charge in [0.15, 0.2) is 0 Å². The summed E-state index contributed by atoms with van der Waals surface area (Å²) in [5.74, 6) is 0. The van der Waals surface area contributed by atoms with Crippen LogP contribution in [0.15, 0.2) is 73.3 Å². The largest absolute Gasteiger partial charge is 0.377 e. The summed E-state index contributed by atoms with van der Waals surface area (Å²) in [7, 11) is 0. The number of ether oxygens (including phenoxy) is 4. The Morgan fingerprint density at radius 3 is 1.94 bits per heavy atom. The molecule has 0 aliphatic heterocycles. The Bertz CT molecular complexity index is 1290. The topological polar surface area (TPSA) is 54.7 Å². The zero-order valence-corrected chi connectivity index (χ0v) is 19.3. The minimum Gasteiger partial charge on any atom is -0.377 e. The minimum absolute atomic E-state index is 0.552. The highest BCUT2D eigenvalue weighted by Gasteiger charge is 2.10. The van der Waals surface area contributed by atoms with Crippen LogP contribution < -0.4 is 0 Å². The lowest BCUT2D eigenvalue weighted by Gasteiger charge is -2.14. The molecule has 5 rings (SSSR count). The summed E-state index contributed by atoms with van der Waals surface area (Å²) in [4.78, 5) is 4.00. The van der Waals surface area contributed by atoms with Gasteiger partial charge in [0.1, 0.15) is 0 Å². The monoisotopic (exact) mass is 458 g/mol. The fraction of sp³-hybridized carbons (Fsp3) is 0.321. The standard InChI is InChI=1S/C28H30N2O4/c1-2-22-4-5-24-6-7-25(26-9-8-23(3-1)27(22)28(24)26)20-34-19-18-33-17-16-32-15-14-31-13-12-30-11-10-29-21-30/h1-11,21H,12-20H2. The van der Waals surface area contributed by atoms with Gasteiger partial charge in [0.25, 0.3) is 0 Å². The molecule has 0 fully saturated rings. The molecule has 1 heterocycles. The molecule has 0 bridgehead atoms. The Hall–Kier alpha value is -3.03. The van der Waals surface area contributed by atoms with Gasteiger partial charge in [0, 0.05) is 18.9 Å². The van der Waals surface area contributed by atoms with E-state index in [0.29, 0.717) is 52.9 Å². The molecule has 0 unspecified atom stereocenters. The van der Waals surface area contributed by atoms with E-state index in [9.17, 15) is 0 Å². The summed E-state index contributed by atoms with van der Waals surface area (Å²) in [5.41, 5.74) is 1.21. The second-order valence-corrected chi connectivity index (χ2v) is 8.27. The number of benzene rings is 4. The molecular weight excluding hydrogens is 428 g/mol. The first-order valence-electron chi connectivity index (χ1n) is 11.8. The molecule has 6 nitrogen and oxygen atoms in total. The molecule has 0 radical (unpaired) electrons. The van der Waals surface area contributed by atoms with Crippen molar-refractivity contribution in [1.29, 1.82) is 0 Å². The second kappa shape index (κ2) is 11.4. The van der Waals surface area contributed by atoms with Crippen molar-refractivity contribution < 1.29 is 18.9 Å². The van der Waals surface area contributed by atoms with Crippen molar-refractivity contribution in [2.75, 3.05) is 46.2 Å². The van der Waals surface area contributed by atoms with Gasteiger partial charge in [-0.3, -0.25) is 0 Å². The van der Waals surface area contributed by atoms with Crippen molar-refractivity contribution in [1.82, 2.24) is 9.55 Å². The smallest absolute Gasteiger partial charge is 0.0946 e. The van der Waals surface area contributed by atoms with E-state index in [0.717, 1.165) is 6.54 Å². The van der Waals surface area contributed by atoms with Crippen LogP contribution in [0, 0.1) is 0 Å². The van der Waals surface area contributed by atoms with Crippen molar-refractivity contribution in [3.63, 3.8) is 0 Å². The minimum atomic E-state index is 0.552. The summed E-state index contributed by atoms with van der Waals surface area (Å²) < 4.78 is 24.6. The molecule has 0 amide bonds. The Morgan fingerprint density at radius 2 is 1.24 bits per heavy atom. The normalized spacial score (nSPS) is 11.9. The quantitative estimate of drug-likeness (QED) is 0.172. The van der Waals surface area contributed by atoms with Crippen LogP contribution in [0.5, 0.6) is 0 Å². The fourth-order valence-electron chi connectivity index (χ4n) is 4.35. The molecule has 0 aliphatic carbocycles. The van der Waals surface area contributed by atoms with Crippen molar-refractivity contribution in [2.24, 2.45) is 0 Å². The van der Waals surface area contributed by atoms with Gasteiger partial charge in [-0.15, -0.1) is 0 Å². The van der Waals surface area contributed by atoms with Gasteiger partial charge >= 0.3 is 0 Å². The highest BCUT2D eigenvalue weighted by atomic mass is 16.6. The van der Waals surface area contributed by atoms with Crippen LogP contribution in [0.1, 0.15) is 5.56 Å². The molecule has 0 saturated heterocycles. The molecule has 0 aliphatic rings. The molecule has 34 heavy (non-hydrogen) atoms. The van der Waals surface area contributed by atoms with Gasteiger partial charge in [-0.05, 0) is 37.9 Å². The van der Waals surface area contributed by atoms with E-state index >= 15 is 0 Å². The SMILES string of the molecule is c1cc2ccc3ccc(COCCOCCOCCOCCn4ccnc4)c4ccc(c1)c2c34. The summed E-state index contributed by atoms with van der Waals surface area (Å²) >= 11 is 0. The number of rotatable bonds is 14. The first-order valence-corrected chi connectivity index (χ1v) is 11.8. The predicted molar refractivity (Wildman–Crippen MR) is 134 cm³/mol. The fourth-order valence-corrected chi connectivity index (χ4v) is 4.35. The van der Waals surface area contributed by atoms with E-state index in [-0.39, 0.29) is 0 Å². The van der Waals surface area contributed by atoms with Crippen LogP contribution >= 0.6 is 0 Å². The maximum atomic E-state index is 5.92. The van der Waals surface area contributed by atoms with E-state index in [4.69, 9.17) is 18.9 Å². The summed E-state index contributed by atoms with van der Waals surface area (Å²) in [6, 6.07) is 19.7. The van der Waals surface area contributed by atoms with E-state index in [2.05, 4.69) is 59.6 Å². The van der Waals surface area contributed by atoms with Crippen LogP contribution in [0.2, 0.25) is 0 Å². The molecule has 5 aromatic rings. The number of imidazole rings is 1. The van der Waals surface area contributed by atoms with Gasteiger partial charge in [-0.1, -0.05) is 54.6 Å². The highest BCUT2D eigenvalue weighted by molar-refractivity contribution is 6.23. The number of nitrogens with zero attached hydrogens (tertiary/aromatic N) is 2. The van der Waals surface area contributed by atoms with E-state index in [1.54, 1.807) is 12.5 Å². The maximum absolute atomic E-state index is 5.92. The number of aromatic nitrogens is 2. The lowest BCUT2D eigenvalue weighted by molar-refractivity contribution is -0.00464. The van der Waals surface area contributed by atoms with Gasteiger partial charge in [-0.2, -0.15) is 0 Å². The average Bonchev–Trinajstić information content (AvgIpc) is 3.39. The van der Waals surface area contributed by atoms with Gasteiger partial charge in [0.05, 0.1) is 59.2 Å². The van der Waals surface area contributed by atoms with E-state index < -0.39 is 0 Å². The summed E-state index contributed by atoms with van der Waals surface area (Å²) in [6.45, 7) is 5.39. The van der Waals surface area contributed by atoms with Gasteiger partial charge in [-0.25, -0.2) is 4.98 Å². The van der Waals surface area contributed by atoms with E-state index in [1.165, 1.54) is 37.9 Å². The van der Waals surface area contributed by atoms with Crippen molar-refractivity contribution in [3.05, 3.63) is 78.9 Å². The summed E-state index contributed by atoms with van der Waals surface area (Å²) in [6.07, 6.45) is 5.47. The Kier molecular flexibility index (Phi) is 7.63. The zero-order valence-electron chi connectivity index (χ0n) is 19.3. The maximum Gasteiger partial charge on any atom is 0.0946 e. The average molecular weight is 459 g/mol. The van der Waals surface area contributed by atoms with Crippen LogP contribution in [-0.4, -0.2) is 55.8 Å². The van der Waals surface area contributed by atoms with Crippen LogP contribution in [0.4, 0.5) is 0 Å². The molecular formula is C28H30N2O4. The predicted octanol–water partition coefficient (Wildman–Crippen LogP) is 5.05. The second-order valence-electron chi connectivity index (χ2n) is 8.27. The molecule has 4 aromatic carbocycles. The Morgan fingerprint density at radius 1 is 0.618 bits per heavy atom. The van der Waals surface area contributed by atoms with Gasteiger partial charge < -0.3 is 23.5 Å². The van der Waals surface area contributed by atoms with Crippen molar-refractivity contribution in [2.45, 2.75) is 13.2 Å². The zero-order chi connectivity index (χ0) is 23.0. The molecule has 0 spiro atoms. The molecule has 0 N–H and O–H groups in total. The van der Waals surface area contributed by atoms with Gasteiger partial charge in [0.2, 0.25) is 0 Å². The van der Waals surface area contributed by atoms with Crippen LogP contribution in [0.3, 0.4) is 0 Å². The lowest BCUT2D eigenvalue weighted by Crippen LogP contribution is -2.13. The van der Waals surface area contributed by atoms with Crippen LogP contribution in [0.25, 0.3) is 32.3 Å². The third-order valence-corrected chi connectivity index (χ3v) is 6.05. The van der Waals surface area contributed by atoms with Crippen molar-refractivity contribution >= 4 is 32.3 Å². The molecule has 0 saturated carbocycles. The third kappa shape index (κ3) is 5.37. The van der Waals surface area contributed by atoms with Crippen LogP contribution in [-0.2, 0) is 32.1 Å². The number of hydrogen-bond donors (Lipinski definition) is 0. The first-order chi connectivity index (χ1) is 16.9. The summed E-state index contributed by atoms with van der Waals surface area (Å²) in [5, 5.41) is 7.77. The third-order valence-electron chi connectivity index (χ3n) is 6.05. The Labute approximate surface area is 199 Å². The first kappa shape index (κ1) is 22.7. The Balaban J connectivity index is 0.986.